The predicted molar refractivity (Wildman–Crippen MR) is 115 cm³/mol. The van der Waals surface area contributed by atoms with Crippen LogP contribution in [0.15, 0.2) is 77.7 Å². The van der Waals surface area contributed by atoms with Crippen LogP contribution in [0.2, 0.25) is 0 Å². The number of hydrogen-bond donors (Lipinski definition) is 1. The van der Waals surface area contributed by atoms with Crippen molar-refractivity contribution >= 4 is 27.3 Å². The quantitative estimate of drug-likeness (QED) is 0.699. The maximum Gasteiger partial charge on any atom is 0.261 e. The third kappa shape index (κ3) is 3.76. The topological polar surface area (TPSA) is 66.5 Å². The molecule has 0 bridgehead atoms. The van der Waals surface area contributed by atoms with E-state index in [-0.39, 0.29) is 16.8 Å². The zero-order valence-electron chi connectivity index (χ0n) is 16.3. The summed E-state index contributed by atoms with van der Waals surface area (Å²) in [5, 5.41) is 0. The lowest BCUT2D eigenvalue weighted by Crippen LogP contribution is -2.35. The van der Waals surface area contributed by atoms with Gasteiger partial charge in [-0.05, 0) is 62.2 Å². The third-order valence-corrected chi connectivity index (χ3v) is 6.52. The highest BCUT2D eigenvalue weighted by atomic mass is 32.2. The molecule has 0 radical (unpaired) electrons. The molecule has 1 atom stereocenters. The van der Waals surface area contributed by atoms with Crippen molar-refractivity contribution in [2.45, 2.75) is 31.2 Å². The standard InChI is InChI=1S/C23H22N2O3S/c1-16-10-12-21(13-11-16)29(27,28)24-20-8-5-7-19(15-20)23(26)25-17(2)14-18-6-3-4-9-22(18)25/h3-13,15,17,24H,14H2,1-2H3/t17-/m1/s1. The number of para-hydroxylation sites is 1. The van der Waals surface area contributed by atoms with Crippen molar-refractivity contribution in [1.82, 2.24) is 0 Å². The van der Waals surface area contributed by atoms with Gasteiger partial charge in [-0.25, -0.2) is 8.42 Å². The van der Waals surface area contributed by atoms with Gasteiger partial charge in [0.25, 0.3) is 15.9 Å². The zero-order chi connectivity index (χ0) is 20.6. The molecule has 0 spiro atoms. The fourth-order valence-corrected chi connectivity index (χ4v) is 4.71. The van der Waals surface area contributed by atoms with Crippen molar-refractivity contribution in [2.24, 2.45) is 0 Å². The smallest absolute Gasteiger partial charge is 0.261 e. The van der Waals surface area contributed by atoms with E-state index in [0.29, 0.717) is 11.3 Å². The molecule has 6 heteroatoms. The Labute approximate surface area is 171 Å². The second kappa shape index (κ2) is 7.37. The average Bonchev–Trinajstić information content (AvgIpc) is 3.03. The normalized spacial score (nSPS) is 15.8. The maximum absolute atomic E-state index is 13.2. The molecule has 1 aliphatic heterocycles. The third-order valence-electron chi connectivity index (χ3n) is 5.12. The number of benzene rings is 3. The first-order valence-corrected chi connectivity index (χ1v) is 10.9. The summed E-state index contributed by atoms with van der Waals surface area (Å²) in [4.78, 5) is 15.2. The molecule has 1 N–H and O–H groups in total. The number of hydrogen-bond acceptors (Lipinski definition) is 3. The molecule has 0 aromatic heterocycles. The highest BCUT2D eigenvalue weighted by Gasteiger charge is 2.31. The number of anilines is 2. The Morgan fingerprint density at radius 2 is 1.72 bits per heavy atom. The summed E-state index contributed by atoms with van der Waals surface area (Å²) in [5.74, 6) is -0.140. The number of carbonyl (C=O) groups is 1. The fraction of sp³-hybridized carbons (Fsp3) is 0.174. The van der Waals surface area contributed by atoms with Crippen LogP contribution in [0.4, 0.5) is 11.4 Å². The van der Waals surface area contributed by atoms with Gasteiger partial charge in [-0.15, -0.1) is 0 Å². The highest BCUT2D eigenvalue weighted by Crippen LogP contribution is 2.33. The number of sulfonamides is 1. The Morgan fingerprint density at radius 3 is 2.48 bits per heavy atom. The number of nitrogens with one attached hydrogen (secondary N) is 1. The van der Waals surface area contributed by atoms with Gasteiger partial charge in [0.1, 0.15) is 0 Å². The van der Waals surface area contributed by atoms with E-state index in [0.717, 1.165) is 23.2 Å². The zero-order valence-corrected chi connectivity index (χ0v) is 17.1. The Morgan fingerprint density at radius 1 is 1.00 bits per heavy atom. The number of carbonyl (C=O) groups excluding carboxylic acids is 1. The lowest BCUT2D eigenvalue weighted by molar-refractivity contribution is 0.0981. The minimum absolute atomic E-state index is 0.0489. The van der Waals surface area contributed by atoms with Crippen LogP contribution >= 0.6 is 0 Å². The number of fused-ring (bicyclic) bond motifs is 1. The monoisotopic (exact) mass is 406 g/mol. The fourth-order valence-electron chi connectivity index (χ4n) is 3.66. The Kier molecular flexibility index (Phi) is 4.88. The first kappa shape index (κ1) is 19.2. The molecule has 5 nitrogen and oxygen atoms in total. The van der Waals surface area contributed by atoms with Crippen molar-refractivity contribution < 1.29 is 13.2 Å². The first-order valence-electron chi connectivity index (χ1n) is 9.46. The Hall–Kier alpha value is -3.12. The van der Waals surface area contributed by atoms with Crippen LogP contribution in [0.25, 0.3) is 0 Å². The summed E-state index contributed by atoms with van der Waals surface area (Å²) in [6.07, 6.45) is 0.807. The molecule has 3 aromatic rings. The van der Waals surface area contributed by atoms with Gasteiger partial charge >= 0.3 is 0 Å². The maximum atomic E-state index is 13.2. The van der Waals surface area contributed by atoms with E-state index in [4.69, 9.17) is 0 Å². The molecule has 148 valence electrons. The van der Waals surface area contributed by atoms with Crippen molar-refractivity contribution in [1.29, 1.82) is 0 Å². The predicted octanol–water partition coefficient (Wildman–Crippen LogP) is 4.39. The molecule has 0 unspecified atom stereocenters. The van der Waals surface area contributed by atoms with Crippen molar-refractivity contribution in [3.05, 3.63) is 89.5 Å². The Balaban J connectivity index is 1.61. The van der Waals surface area contributed by atoms with Crippen LogP contribution in [0.3, 0.4) is 0 Å². The van der Waals surface area contributed by atoms with E-state index in [9.17, 15) is 13.2 Å². The van der Waals surface area contributed by atoms with Gasteiger partial charge in [0.2, 0.25) is 0 Å². The Bertz CT molecular complexity index is 1170. The van der Waals surface area contributed by atoms with Crippen LogP contribution in [-0.4, -0.2) is 20.4 Å². The van der Waals surface area contributed by atoms with E-state index >= 15 is 0 Å². The SMILES string of the molecule is Cc1ccc(S(=O)(=O)Nc2cccc(C(=O)N3c4ccccc4C[C@H]3C)c2)cc1. The number of nitrogens with zero attached hydrogens (tertiary/aromatic N) is 1. The van der Waals surface area contributed by atoms with Crippen molar-refractivity contribution in [2.75, 3.05) is 9.62 Å². The van der Waals surface area contributed by atoms with Crippen LogP contribution < -0.4 is 9.62 Å². The highest BCUT2D eigenvalue weighted by molar-refractivity contribution is 7.92. The molecule has 0 aliphatic carbocycles. The second-order valence-electron chi connectivity index (χ2n) is 7.36. The van der Waals surface area contributed by atoms with E-state index in [1.807, 2.05) is 38.1 Å². The van der Waals surface area contributed by atoms with Gasteiger partial charge in [-0.3, -0.25) is 9.52 Å². The molecule has 4 rings (SSSR count). The van der Waals surface area contributed by atoms with Gasteiger partial charge in [-0.2, -0.15) is 0 Å². The van der Waals surface area contributed by atoms with Gasteiger partial charge < -0.3 is 4.90 Å². The number of rotatable bonds is 4. The molecule has 0 saturated carbocycles. The number of amides is 1. The summed E-state index contributed by atoms with van der Waals surface area (Å²) in [6.45, 7) is 3.91. The van der Waals surface area contributed by atoms with Gasteiger partial charge in [0.15, 0.2) is 0 Å². The lowest BCUT2D eigenvalue weighted by atomic mass is 10.1. The van der Waals surface area contributed by atoms with Crippen LogP contribution in [0, 0.1) is 6.92 Å². The minimum atomic E-state index is -3.73. The minimum Gasteiger partial charge on any atom is -0.305 e. The van der Waals surface area contributed by atoms with Crippen LogP contribution in [-0.2, 0) is 16.4 Å². The molecular weight excluding hydrogens is 384 g/mol. The van der Waals surface area contributed by atoms with Gasteiger partial charge in [0, 0.05) is 23.0 Å². The van der Waals surface area contributed by atoms with E-state index < -0.39 is 10.0 Å². The molecule has 0 saturated heterocycles. The largest absolute Gasteiger partial charge is 0.305 e. The molecule has 29 heavy (non-hydrogen) atoms. The van der Waals surface area contributed by atoms with Crippen LogP contribution in [0.1, 0.15) is 28.4 Å². The second-order valence-corrected chi connectivity index (χ2v) is 9.04. The summed E-state index contributed by atoms with van der Waals surface area (Å²) in [7, 11) is -3.73. The van der Waals surface area contributed by atoms with Gasteiger partial charge in [-0.1, -0.05) is 42.0 Å². The van der Waals surface area contributed by atoms with Crippen molar-refractivity contribution in [3.8, 4) is 0 Å². The molecular formula is C23H22N2O3S. The van der Waals surface area contributed by atoms with Crippen molar-refractivity contribution in [3.63, 3.8) is 0 Å². The summed E-state index contributed by atoms with van der Waals surface area (Å²) in [6, 6.07) is 21.2. The molecule has 3 aromatic carbocycles. The molecule has 1 amide bonds. The van der Waals surface area contributed by atoms with Gasteiger partial charge in [0.05, 0.1) is 4.90 Å². The molecule has 1 heterocycles. The van der Waals surface area contributed by atoms with E-state index in [1.54, 1.807) is 53.4 Å². The van der Waals surface area contributed by atoms with E-state index in [1.165, 1.54) is 0 Å². The summed E-state index contributed by atoms with van der Waals surface area (Å²) < 4.78 is 27.9. The van der Waals surface area contributed by atoms with E-state index in [2.05, 4.69) is 4.72 Å². The molecule has 0 fully saturated rings. The summed E-state index contributed by atoms with van der Waals surface area (Å²) >= 11 is 0. The van der Waals surface area contributed by atoms with Crippen LogP contribution in [0.5, 0.6) is 0 Å². The average molecular weight is 407 g/mol. The lowest BCUT2D eigenvalue weighted by Gasteiger charge is -2.23. The molecule has 1 aliphatic rings. The first-order chi connectivity index (χ1) is 13.8. The summed E-state index contributed by atoms with van der Waals surface area (Å²) in [5.41, 5.74) is 3.84. The number of aryl methyl sites for hydroxylation is 1.